The third kappa shape index (κ3) is 2.19. The summed E-state index contributed by atoms with van der Waals surface area (Å²) in [6.07, 6.45) is 0.142. The lowest BCUT2D eigenvalue weighted by atomic mass is 9.91. The predicted octanol–water partition coefficient (Wildman–Crippen LogP) is 0.391. The fourth-order valence-corrected chi connectivity index (χ4v) is 1.62. The SMILES string of the molecule is CC1(C)CC(O)(CC(=O)O)CO1. The van der Waals surface area contributed by atoms with Gasteiger partial charge in [0.05, 0.1) is 18.6 Å². The molecule has 0 saturated carbocycles. The first-order chi connectivity index (χ1) is 5.33. The van der Waals surface area contributed by atoms with E-state index in [-0.39, 0.29) is 13.0 Å². The summed E-state index contributed by atoms with van der Waals surface area (Å²) >= 11 is 0. The standard InChI is InChI=1S/C8H14O4/c1-7(2)4-8(11,5-12-7)3-6(9)10/h11H,3-5H2,1-2H3,(H,9,10). The maximum absolute atomic E-state index is 10.4. The average Bonchev–Trinajstić information content (AvgIpc) is 2.03. The minimum Gasteiger partial charge on any atom is -0.481 e. The van der Waals surface area contributed by atoms with E-state index in [1.54, 1.807) is 0 Å². The zero-order valence-corrected chi connectivity index (χ0v) is 7.33. The van der Waals surface area contributed by atoms with Crippen LogP contribution in [0.5, 0.6) is 0 Å². The third-order valence-corrected chi connectivity index (χ3v) is 1.97. The summed E-state index contributed by atoms with van der Waals surface area (Å²) in [5.74, 6) is -0.987. The van der Waals surface area contributed by atoms with Crippen molar-refractivity contribution in [1.29, 1.82) is 0 Å². The van der Waals surface area contributed by atoms with Crippen molar-refractivity contribution in [2.75, 3.05) is 6.61 Å². The number of aliphatic carboxylic acids is 1. The molecule has 0 amide bonds. The van der Waals surface area contributed by atoms with Gasteiger partial charge in [-0.15, -0.1) is 0 Å². The zero-order valence-electron chi connectivity index (χ0n) is 7.33. The Morgan fingerprint density at radius 3 is 2.50 bits per heavy atom. The molecule has 1 unspecified atom stereocenters. The van der Waals surface area contributed by atoms with E-state index in [2.05, 4.69) is 0 Å². The van der Waals surface area contributed by atoms with Crippen LogP contribution in [0.1, 0.15) is 26.7 Å². The molecule has 12 heavy (non-hydrogen) atoms. The zero-order chi connectivity index (χ0) is 9.41. The van der Waals surface area contributed by atoms with Crippen molar-refractivity contribution in [3.63, 3.8) is 0 Å². The molecule has 0 aromatic heterocycles. The molecular formula is C8H14O4. The van der Waals surface area contributed by atoms with Gasteiger partial charge in [0.1, 0.15) is 5.60 Å². The van der Waals surface area contributed by atoms with E-state index in [0.29, 0.717) is 6.42 Å². The van der Waals surface area contributed by atoms with Crippen molar-refractivity contribution in [2.45, 2.75) is 37.9 Å². The first-order valence-corrected chi connectivity index (χ1v) is 3.91. The quantitative estimate of drug-likeness (QED) is 0.635. The number of carbonyl (C=O) groups is 1. The summed E-state index contributed by atoms with van der Waals surface area (Å²) in [4.78, 5) is 10.4. The summed E-state index contributed by atoms with van der Waals surface area (Å²) in [5, 5.41) is 18.2. The van der Waals surface area contributed by atoms with Gasteiger partial charge in [0, 0.05) is 6.42 Å². The Morgan fingerprint density at radius 1 is 1.58 bits per heavy atom. The summed E-state index contributed by atoms with van der Waals surface area (Å²) < 4.78 is 5.24. The van der Waals surface area contributed by atoms with Gasteiger partial charge in [-0.2, -0.15) is 0 Å². The molecule has 2 N–H and O–H groups in total. The van der Waals surface area contributed by atoms with Crippen LogP contribution in [0.15, 0.2) is 0 Å². The lowest BCUT2D eigenvalue weighted by molar-refractivity contribution is -0.142. The molecule has 0 bridgehead atoms. The number of carboxylic acid groups (broad SMARTS) is 1. The van der Waals surface area contributed by atoms with Crippen molar-refractivity contribution in [3.8, 4) is 0 Å². The lowest BCUT2D eigenvalue weighted by Crippen LogP contribution is -2.33. The van der Waals surface area contributed by atoms with Crippen LogP contribution in [-0.2, 0) is 9.53 Å². The topological polar surface area (TPSA) is 66.8 Å². The van der Waals surface area contributed by atoms with E-state index in [1.165, 1.54) is 0 Å². The Labute approximate surface area is 71.2 Å². The van der Waals surface area contributed by atoms with Crippen LogP contribution in [0.3, 0.4) is 0 Å². The molecule has 1 aliphatic heterocycles. The maximum atomic E-state index is 10.4. The van der Waals surface area contributed by atoms with Crippen LogP contribution in [0.25, 0.3) is 0 Å². The van der Waals surface area contributed by atoms with Crippen molar-refractivity contribution >= 4 is 5.97 Å². The fourth-order valence-electron chi connectivity index (χ4n) is 1.62. The van der Waals surface area contributed by atoms with Gasteiger partial charge in [-0.05, 0) is 13.8 Å². The van der Waals surface area contributed by atoms with Gasteiger partial charge in [0.15, 0.2) is 0 Å². The number of carboxylic acids is 1. The smallest absolute Gasteiger partial charge is 0.306 e. The number of hydrogen-bond acceptors (Lipinski definition) is 3. The Morgan fingerprint density at radius 2 is 2.17 bits per heavy atom. The van der Waals surface area contributed by atoms with Gasteiger partial charge in [0.25, 0.3) is 0 Å². The van der Waals surface area contributed by atoms with Crippen molar-refractivity contribution in [2.24, 2.45) is 0 Å². The predicted molar refractivity (Wildman–Crippen MR) is 41.9 cm³/mol. The Balaban J connectivity index is 2.58. The van der Waals surface area contributed by atoms with E-state index in [0.717, 1.165) is 0 Å². The van der Waals surface area contributed by atoms with Gasteiger partial charge in [-0.25, -0.2) is 0 Å². The molecule has 1 saturated heterocycles. The molecule has 4 heteroatoms. The molecule has 1 fully saturated rings. The first kappa shape index (κ1) is 9.48. The van der Waals surface area contributed by atoms with E-state index >= 15 is 0 Å². The molecule has 1 rings (SSSR count). The highest BCUT2D eigenvalue weighted by Gasteiger charge is 2.44. The molecule has 0 aromatic rings. The van der Waals surface area contributed by atoms with Gasteiger partial charge >= 0.3 is 5.97 Å². The summed E-state index contributed by atoms with van der Waals surface area (Å²) in [6.45, 7) is 3.80. The Kier molecular flexibility index (Phi) is 2.14. The molecule has 0 aromatic carbocycles. The average molecular weight is 174 g/mol. The Bertz CT molecular complexity index is 199. The second-order valence-corrected chi connectivity index (χ2v) is 4.02. The van der Waals surface area contributed by atoms with Crippen LogP contribution < -0.4 is 0 Å². The minimum absolute atomic E-state index is 0.117. The van der Waals surface area contributed by atoms with Crippen molar-refractivity contribution in [3.05, 3.63) is 0 Å². The van der Waals surface area contributed by atoms with E-state index in [1.807, 2.05) is 13.8 Å². The largest absolute Gasteiger partial charge is 0.481 e. The monoisotopic (exact) mass is 174 g/mol. The van der Waals surface area contributed by atoms with Crippen LogP contribution in [-0.4, -0.2) is 34.0 Å². The second kappa shape index (κ2) is 2.71. The highest BCUT2D eigenvalue weighted by molar-refractivity contribution is 5.68. The lowest BCUT2D eigenvalue weighted by Gasteiger charge is -2.20. The van der Waals surface area contributed by atoms with Gasteiger partial charge in [-0.1, -0.05) is 0 Å². The molecule has 0 aliphatic carbocycles. The Hall–Kier alpha value is -0.610. The normalized spacial score (nSPS) is 33.6. The number of hydrogen-bond donors (Lipinski definition) is 2. The van der Waals surface area contributed by atoms with E-state index in [9.17, 15) is 9.90 Å². The summed E-state index contributed by atoms with van der Waals surface area (Å²) in [5.41, 5.74) is -1.57. The van der Waals surface area contributed by atoms with Crippen LogP contribution in [0.2, 0.25) is 0 Å². The van der Waals surface area contributed by atoms with Crippen LogP contribution >= 0.6 is 0 Å². The molecule has 0 spiro atoms. The molecule has 4 nitrogen and oxygen atoms in total. The first-order valence-electron chi connectivity index (χ1n) is 3.91. The number of ether oxygens (including phenoxy) is 1. The molecule has 1 atom stereocenters. The minimum atomic E-state index is -1.17. The van der Waals surface area contributed by atoms with Crippen LogP contribution in [0.4, 0.5) is 0 Å². The van der Waals surface area contributed by atoms with Gasteiger partial charge in [-0.3, -0.25) is 4.79 Å². The van der Waals surface area contributed by atoms with Crippen molar-refractivity contribution in [1.82, 2.24) is 0 Å². The molecule has 0 radical (unpaired) electrons. The van der Waals surface area contributed by atoms with Gasteiger partial charge in [0.2, 0.25) is 0 Å². The highest BCUT2D eigenvalue weighted by Crippen LogP contribution is 2.34. The molecule has 1 heterocycles. The highest BCUT2D eigenvalue weighted by atomic mass is 16.5. The molecule has 70 valence electrons. The van der Waals surface area contributed by atoms with Crippen molar-refractivity contribution < 1.29 is 19.7 Å². The number of aliphatic hydroxyl groups is 1. The second-order valence-electron chi connectivity index (χ2n) is 4.02. The van der Waals surface area contributed by atoms with Crippen LogP contribution in [0, 0.1) is 0 Å². The van der Waals surface area contributed by atoms with Gasteiger partial charge < -0.3 is 14.9 Å². The van der Waals surface area contributed by atoms with E-state index < -0.39 is 17.2 Å². The fraction of sp³-hybridized carbons (Fsp3) is 0.875. The summed E-state index contributed by atoms with van der Waals surface area (Å²) in [6, 6.07) is 0. The summed E-state index contributed by atoms with van der Waals surface area (Å²) in [7, 11) is 0. The molecule has 1 aliphatic rings. The van der Waals surface area contributed by atoms with E-state index in [4.69, 9.17) is 9.84 Å². The maximum Gasteiger partial charge on any atom is 0.306 e. The molecular weight excluding hydrogens is 160 g/mol. The third-order valence-electron chi connectivity index (χ3n) is 1.97. The number of rotatable bonds is 2.